The molecule has 104 heavy (non-hydrogen) atoms. The summed E-state index contributed by atoms with van der Waals surface area (Å²) in [6.07, 6.45) is -17.6. The van der Waals surface area contributed by atoms with E-state index in [1.54, 1.807) is 13.8 Å². The minimum atomic E-state index is -5.27. The molecule has 11 atom stereocenters. The molecule has 3 N–H and O–H groups in total. The molecule has 2 bridgehead atoms. The van der Waals surface area contributed by atoms with Gasteiger partial charge in [-0.3, -0.25) is 57.5 Å². The van der Waals surface area contributed by atoms with Crippen molar-refractivity contribution in [1.82, 2.24) is 60.0 Å². The highest BCUT2D eigenvalue weighted by atomic mass is 19.4. The maximum absolute atomic E-state index is 16.1. The Morgan fingerprint density at radius 2 is 1.21 bits per heavy atom. The van der Waals surface area contributed by atoms with Gasteiger partial charge >= 0.3 is 12.4 Å². The molecule has 4 aliphatic carbocycles. The summed E-state index contributed by atoms with van der Waals surface area (Å²) in [7, 11) is 10.4. The first kappa shape index (κ1) is 84.2. The van der Waals surface area contributed by atoms with Crippen molar-refractivity contribution in [2.45, 2.75) is 253 Å². The van der Waals surface area contributed by atoms with E-state index < -0.39 is 249 Å². The van der Waals surface area contributed by atoms with Gasteiger partial charge in [0, 0.05) is 69.3 Å². The zero-order chi connectivity index (χ0) is 77.6. The van der Waals surface area contributed by atoms with Crippen molar-refractivity contribution in [3.05, 3.63) is 0 Å². The van der Waals surface area contributed by atoms with Crippen molar-refractivity contribution in [3.63, 3.8) is 0 Å². The SMILES string of the molecule is CC[C@H](C)[C@@H]1NC(=O)[C@H](C)N(C)C(=O)C[C@@H](C(=O)N(C)C)N(C)C(=O)[C@H](C2CCCC2)N(C)C(=O)C2(CCC2)NC(=O)[C@@H]2CC(F)(F)CN2C(=O)[C@H](CCC2CC(F)C(C(F)(F)F)C(F)C2)NC(=O)CN(C)C(=O)[C@H](CC2CCC(C(F)(F)F)CC2)N2CCCCC[C@@H](C2=O)N(C)C(=O)CN(C)C1=O. The van der Waals surface area contributed by atoms with E-state index in [0.717, 1.165) is 41.3 Å². The number of fused-ring (bicyclic) bond motifs is 3. The lowest BCUT2D eigenvalue weighted by Gasteiger charge is -2.46. The molecule has 0 aromatic rings. The topological polar surface area (TPSA) is 270 Å². The first-order chi connectivity index (χ1) is 48.4. The summed E-state index contributed by atoms with van der Waals surface area (Å²) in [5.41, 5.74) is -1.90. The number of likely N-dealkylation sites (N-methyl/N-ethyl adjacent to an activating group) is 7. The number of amides is 12. The minimum Gasteiger partial charge on any atom is -0.347 e. The number of alkyl halides is 10. The largest absolute Gasteiger partial charge is 0.397 e. The van der Waals surface area contributed by atoms with Gasteiger partial charge in [-0.2, -0.15) is 26.3 Å². The standard InChI is InChI=1S/C70H106F10N12O12/c1-12-39(2)56-64(102)86(7)37-54(95)88(9)48-21-14-13-17-30-91(63(48)101)50(33-41-22-25-44(26-23-41)69(75,76)77)62(100)85(6)36-52(93)81-47(27-24-42-31-45(71)55(46(72)32-42)70(78,79)80)60(98)92-38-68(73,74)35-51(92)59(97)83-67(28-18-29-67)66(104)90(11)57(43-19-15-16-20-43)65(103)89(10)49(61(99)84(4)5)34-53(94)87(8)40(3)58(96)82-56/h39-51,55-57H,12-38H2,1-11H3,(H,81,93)(H,82,96)(H,83,97)/t39-,40-,41?,42?,44?,45?,46?,47-,48-,49-,50-,51-,55?,56-,57-/m0/s1. The molecular formula is C70H106F10N12O12. The van der Waals surface area contributed by atoms with E-state index in [9.17, 15) is 59.9 Å². The van der Waals surface area contributed by atoms with E-state index >= 15 is 41.5 Å². The van der Waals surface area contributed by atoms with Crippen molar-refractivity contribution in [2.24, 2.45) is 35.5 Å². The predicted molar refractivity (Wildman–Crippen MR) is 357 cm³/mol. The number of carbonyl (C=O) groups excluding carboxylic acids is 12. The number of nitrogens with one attached hydrogen (secondary N) is 3. The first-order valence-corrected chi connectivity index (χ1v) is 36.5. The number of rotatable bonds is 9. The van der Waals surface area contributed by atoms with Gasteiger partial charge in [0.2, 0.25) is 70.9 Å². The predicted octanol–water partition coefficient (Wildman–Crippen LogP) is 5.78. The van der Waals surface area contributed by atoms with E-state index in [2.05, 4.69) is 16.0 Å². The molecule has 34 heteroatoms. The van der Waals surface area contributed by atoms with Crippen molar-refractivity contribution in [1.29, 1.82) is 0 Å². The molecule has 24 nitrogen and oxygen atoms in total. The van der Waals surface area contributed by atoms with E-state index in [-0.39, 0.29) is 64.3 Å². The smallest absolute Gasteiger partial charge is 0.347 e. The molecule has 0 aromatic carbocycles. The minimum absolute atomic E-state index is 0.0251. The zero-order valence-corrected chi connectivity index (χ0v) is 61.5. The molecular weight excluding hydrogens is 1390 g/mol. The Balaban J connectivity index is 1.30. The molecule has 1 spiro atoms. The Hall–Kier alpha value is -7.06. The van der Waals surface area contributed by atoms with Gasteiger partial charge in [-0.1, -0.05) is 46.0 Å². The molecule has 4 saturated carbocycles. The lowest BCUT2D eigenvalue weighted by atomic mass is 9.74. The summed E-state index contributed by atoms with van der Waals surface area (Å²) in [6.45, 7) is 1.53. The number of hydrogen-bond acceptors (Lipinski definition) is 12. The van der Waals surface area contributed by atoms with E-state index in [0.29, 0.717) is 56.3 Å². The summed E-state index contributed by atoms with van der Waals surface area (Å²) >= 11 is 0. The lowest BCUT2D eigenvalue weighted by molar-refractivity contribution is -0.219. The van der Waals surface area contributed by atoms with Crippen molar-refractivity contribution in [3.8, 4) is 0 Å². The van der Waals surface area contributed by atoms with Crippen LogP contribution in [0.3, 0.4) is 0 Å². The maximum Gasteiger partial charge on any atom is 0.397 e. The molecule has 3 heterocycles. The second-order valence-corrected chi connectivity index (χ2v) is 30.8. The van der Waals surface area contributed by atoms with Gasteiger partial charge in [-0.15, -0.1) is 0 Å². The Kier molecular flexibility index (Phi) is 28.1. The van der Waals surface area contributed by atoms with Gasteiger partial charge in [0.15, 0.2) is 0 Å². The van der Waals surface area contributed by atoms with Gasteiger partial charge in [0.05, 0.1) is 32.0 Å². The van der Waals surface area contributed by atoms with Gasteiger partial charge in [-0.05, 0) is 133 Å². The van der Waals surface area contributed by atoms with Crippen LogP contribution in [0.15, 0.2) is 0 Å². The Labute approximate surface area is 601 Å². The summed E-state index contributed by atoms with van der Waals surface area (Å²) in [4.78, 5) is 187. The van der Waals surface area contributed by atoms with Crippen LogP contribution >= 0.6 is 0 Å². The van der Waals surface area contributed by atoms with Crippen LogP contribution in [0.5, 0.6) is 0 Å². The molecule has 588 valence electrons. The third-order valence-electron chi connectivity index (χ3n) is 23.3. The van der Waals surface area contributed by atoms with Crippen LogP contribution in [0.25, 0.3) is 0 Å². The third-order valence-corrected chi connectivity index (χ3v) is 23.3. The Bertz CT molecular complexity index is 3120. The highest BCUT2D eigenvalue weighted by Gasteiger charge is 2.58. The van der Waals surface area contributed by atoms with Crippen LogP contribution in [0.2, 0.25) is 0 Å². The number of halogens is 10. The second kappa shape index (κ2) is 34.7. The highest BCUT2D eigenvalue weighted by Crippen LogP contribution is 2.46. The summed E-state index contributed by atoms with van der Waals surface area (Å²) < 4.78 is 147. The Morgan fingerprint density at radius 1 is 0.615 bits per heavy atom. The Morgan fingerprint density at radius 3 is 1.77 bits per heavy atom. The summed E-state index contributed by atoms with van der Waals surface area (Å²) in [6, 6.07) is -12.5. The molecule has 12 amide bonds. The summed E-state index contributed by atoms with van der Waals surface area (Å²) in [5.74, 6) is -22.5. The molecule has 3 saturated heterocycles. The average Bonchev–Trinajstić information content (AvgIpc) is 1.31. The van der Waals surface area contributed by atoms with Crippen LogP contribution in [0, 0.1) is 35.5 Å². The molecule has 0 radical (unpaired) electrons. The second-order valence-electron chi connectivity index (χ2n) is 30.8. The number of hydrogen-bond donors (Lipinski definition) is 3. The lowest BCUT2D eigenvalue weighted by Crippen LogP contribution is -2.68. The molecule has 2 unspecified atom stereocenters. The molecule has 3 aliphatic heterocycles. The van der Waals surface area contributed by atoms with Crippen molar-refractivity contribution < 1.29 is 101 Å². The molecule has 7 aliphatic rings. The fraction of sp³-hybridized carbons (Fsp3) is 0.829. The van der Waals surface area contributed by atoms with Crippen LogP contribution in [-0.2, 0) is 57.5 Å². The first-order valence-electron chi connectivity index (χ1n) is 36.5. The third kappa shape index (κ3) is 19.8. The van der Waals surface area contributed by atoms with Gasteiger partial charge < -0.3 is 60.0 Å². The van der Waals surface area contributed by atoms with E-state index in [1.807, 2.05) is 0 Å². The highest BCUT2D eigenvalue weighted by molar-refractivity contribution is 6.01. The average molecular weight is 1500 g/mol. The van der Waals surface area contributed by atoms with Gasteiger partial charge in [-0.25, -0.2) is 17.6 Å². The normalized spacial score (nSPS) is 32.3. The van der Waals surface area contributed by atoms with Crippen LogP contribution in [0.1, 0.15) is 168 Å². The fourth-order valence-electron chi connectivity index (χ4n) is 16.3. The molecule has 7 fully saturated rings. The quantitative estimate of drug-likeness (QED) is 0.232. The number of nitrogens with zero attached hydrogens (tertiary/aromatic N) is 9. The zero-order valence-electron chi connectivity index (χ0n) is 61.5. The van der Waals surface area contributed by atoms with E-state index in [1.165, 1.54) is 61.2 Å². The van der Waals surface area contributed by atoms with Crippen molar-refractivity contribution in [2.75, 3.05) is 82.6 Å². The maximum atomic E-state index is 16.1. The van der Waals surface area contributed by atoms with Crippen LogP contribution in [0.4, 0.5) is 43.9 Å². The van der Waals surface area contributed by atoms with Gasteiger partial charge in [0.25, 0.3) is 5.92 Å². The van der Waals surface area contributed by atoms with Crippen molar-refractivity contribution >= 4 is 70.9 Å². The van der Waals surface area contributed by atoms with Crippen LogP contribution in [-0.4, -0.2) is 282 Å². The van der Waals surface area contributed by atoms with E-state index in [4.69, 9.17) is 0 Å². The van der Waals surface area contributed by atoms with Crippen LogP contribution < -0.4 is 16.0 Å². The monoisotopic (exact) mass is 1500 g/mol. The van der Waals surface area contributed by atoms with Gasteiger partial charge in [0.1, 0.15) is 72.1 Å². The molecule has 7 rings (SSSR count). The number of carbonyl (C=O) groups is 12. The molecule has 0 aromatic heterocycles. The summed E-state index contributed by atoms with van der Waals surface area (Å²) in [5, 5.41) is 7.74. The fourth-order valence-corrected chi connectivity index (χ4v) is 16.3.